The maximum absolute atomic E-state index is 12.8. The zero-order chi connectivity index (χ0) is 17.9. The van der Waals surface area contributed by atoms with E-state index < -0.39 is 0 Å². The topological polar surface area (TPSA) is 52.6 Å². The number of hydrogen-bond acceptors (Lipinski definition) is 2. The molecule has 0 aromatic heterocycles. The Morgan fingerprint density at radius 2 is 1.81 bits per heavy atom. The molecule has 0 radical (unpaired) electrons. The van der Waals surface area contributed by atoms with Crippen LogP contribution in [0.5, 0.6) is 0 Å². The van der Waals surface area contributed by atoms with Crippen LogP contribution in [0.3, 0.4) is 0 Å². The molecule has 26 heavy (non-hydrogen) atoms. The zero-order valence-electron chi connectivity index (χ0n) is 15.2. The van der Waals surface area contributed by atoms with Crippen molar-refractivity contribution in [1.29, 1.82) is 0 Å². The van der Waals surface area contributed by atoms with Gasteiger partial charge in [0.2, 0.25) is 0 Å². The van der Waals surface area contributed by atoms with E-state index in [-0.39, 0.29) is 24.2 Å². The number of nitrogens with one attached hydrogen (secondary N) is 1. The van der Waals surface area contributed by atoms with E-state index in [9.17, 15) is 9.90 Å². The van der Waals surface area contributed by atoms with Gasteiger partial charge >= 0.3 is 6.03 Å². The van der Waals surface area contributed by atoms with Gasteiger partial charge in [-0.3, -0.25) is 0 Å². The number of aliphatic hydroxyl groups is 1. The smallest absolute Gasteiger partial charge is 0.317 e. The van der Waals surface area contributed by atoms with Crippen molar-refractivity contribution in [3.8, 4) is 0 Å². The molecule has 2 N–H and O–H groups in total. The molecule has 0 unspecified atom stereocenters. The average Bonchev–Trinajstić information content (AvgIpc) is 3.12. The van der Waals surface area contributed by atoms with Crippen molar-refractivity contribution in [2.45, 2.75) is 63.1 Å². The van der Waals surface area contributed by atoms with Gasteiger partial charge in [-0.1, -0.05) is 42.5 Å². The fraction of sp³-hybridized carbons (Fsp3) is 0.500. The molecule has 4 heteroatoms. The van der Waals surface area contributed by atoms with Gasteiger partial charge in [0, 0.05) is 18.6 Å². The van der Waals surface area contributed by atoms with Gasteiger partial charge in [-0.05, 0) is 61.3 Å². The van der Waals surface area contributed by atoms with Crippen LogP contribution in [0, 0.1) is 0 Å². The molecule has 0 spiro atoms. The van der Waals surface area contributed by atoms with Gasteiger partial charge in [-0.2, -0.15) is 0 Å². The van der Waals surface area contributed by atoms with Crippen LogP contribution in [0.1, 0.15) is 44.1 Å². The normalized spacial score (nSPS) is 26.2. The summed E-state index contributed by atoms with van der Waals surface area (Å²) in [5.74, 6) is 0. The number of nitrogens with zero attached hydrogens (tertiary/aromatic N) is 1. The van der Waals surface area contributed by atoms with E-state index in [0.717, 1.165) is 51.5 Å². The third kappa shape index (κ3) is 3.70. The molecule has 4 rings (SSSR count). The summed E-state index contributed by atoms with van der Waals surface area (Å²) in [7, 11) is 0. The number of hydrogen-bond donors (Lipinski definition) is 2. The Morgan fingerprint density at radius 3 is 2.65 bits per heavy atom. The van der Waals surface area contributed by atoms with Gasteiger partial charge in [-0.25, -0.2) is 4.79 Å². The van der Waals surface area contributed by atoms with Gasteiger partial charge in [0.15, 0.2) is 0 Å². The summed E-state index contributed by atoms with van der Waals surface area (Å²) in [4.78, 5) is 14.8. The van der Waals surface area contributed by atoms with Gasteiger partial charge in [0.1, 0.15) is 0 Å². The minimum absolute atomic E-state index is 0.0779. The van der Waals surface area contributed by atoms with Crippen LogP contribution in [0.15, 0.2) is 42.5 Å². The molecule has 0 bridgehead atoms. The third-order valence-electron chi connectivity index (χ3n) is 6.00. The molecule has 2 aromatic carbocycles. The lowest BCUT2D eigenvalue weighted by Gasteiger charge is -2.31. The monoisotopic (exact) mass is 352 g/mol. The van der Waals surface area contributed by atoms with Crippen LogP contribution in [0.2, 0.25) is 0 Å². The van der Waals surface area contributed by atoms with Crippen molar-refractivity contribution in [3.05, 3.63) is 48.0 Å². The second kappa shape index (κ2) is 7.67. The number of fused-ring (bicyclic) bond motifs is 1. The van der Waals surface area contributed by atoms with Crippen molar-refractivity contribution in [1.82, 2.24) is 10.2 Å². The predicted octanol–water partition coefficient (Wildman–Crippen LogP) is 3.86. The first-order valence-electron chi connectivity index (χ1n) is 9.92. The Balaban J connectivity index is 1.44. The van der Waals surface area contributed by atoms with E-state index >= 15 is 0 Å². The summed E-state index contributed by atoms with van der Waals surface area (Å²) in [5.41, 5.74) is 1.33. The number of carbonyl (C=O) groups excluding carboxylic acids is 1. The molecule has 1 atom stereocenters. The molecule has 2 aromatic rings. The lowest BCUT2D eigenvalue weighted by molar-refractivity contribution is 0.114. The maximum atomic E-state index is 12.8. The number of urea groups is 1. The maximum Gasteiger partial charge on any atom is 0.317 e. The van der Waals surface area contributed by atoms with Gasteiger partial charge < -0.3 is 15.3 Å². The molecule has 1 aliphatic carbocycles. The Kier molecular flexibility index (Phi) is 5.11. The fourth-order valence-corrected chi connectivity index (χ4v) is 4.52. The zero-order valence-corrected chi connectivity index (χ0v) is 15.2. The molecule has 1 saturated carbocycles. The van der Waals surface area contributed by atoms with Crippen molar-refractivity contribution in [3.63, 3.8) is 0 Å². The predicted molar refractivity (Wildman–Crippen MR) is 104 cm³/mol. The molecule has 1 heterocycles. The number of aliphatic hydroxyl groups excluding tert-OH is 1. The SMILES string of the molecule is O=C(NC1CCC(O)CC1)N1CCC[C@H]1Cc1cccc2ccccc12. The highest BCUT2D eigenvalue weighted by Gasteiger charge is 2.31. The molecule has 2 aliphatic rings. The van der Waals surface area contributed by atoms with Gasteiger partial charge in [0.05, 0.1) is 6.10 Å². The van der Waals surface area contributed by atoms with Crippen molar-refractivity contribution < 1.29 is 9.90 Å². The Bertz CT molecular complexity index is 762. The highest BCUT2D eigenvalue weighted by molar-refractivity contribution is 5.85. The summed E-state index contributed by atoms with van der Waals surface area (Å²) in [5, 5.41) is 15.4. The Hall–Kier alpha value is -2.07. The number of benzene rings is 2. The molecule has 1 aliphatic heterocycles. The first kappa shape index (κ1) is 17.3. The van der Waals surface area contributed by atoms with Gasteiger partial charge in [0.25, 0.3) is 0 Å². The molecular weight excluding hydrogens is 324 g/mol. The molecule has 4 nitrogen and oxygen atoms in total. The van der Waals surface area contributed by atoms with Crippen LogP contribution in [0.4, 0.5) is 4.79 Å². The quantitative estimate of drug-likeness (QED) is 0.881. The number of carbonyl (C=O) groups is 1. The standard InChI is InChI=1S/C22H28N2O2/c25-20-12-10-18(11-13-20)23-22(26)24-14-4-8-19(24)15-17-7-3-6-16-5-1-2-9-21(16)17/h1-3,5-7,9,18-20,25H,4,8,10-15H2,(H,23,26)/t18?,19-,20?/m0/s1. The van der Waals surface area contributed by atoms with Crippen molar-refractivity contribution in [2.75, 3.05) is 6.54 Å². The number of amides is 2. The highest BCUT2D eigenvalue weighted by atomic mass is 16.3. The third-order valence-corrected chi connectivity index (χ3v) is 6.00. The van der Waals surface area contributed by atoms with Gasteiger partial charge in [-0.15, -0.1) is 0 Å². The van der Waals surface area contributed by atoms with E-state index in [1.165, 1.54) is 16.3 Å². The van der Waals surface area contributed by atoms with E-state index in [4.69, 9.17) is 0 Å². The van der Waals surface area contributed by atoms with E-state index in [2.05, 4.69) is 47.8 Å². The second-order valence-corrected chi connectivity index (χ2v) is 7.79. The first-order valence-corrected chi connectivity index (χ1v) is 9.92. The minimum atomic E-state index is -0.186. The summed E-state index contributed by atoms with van der Waals surface area (Å²) in [6.45, 7) is 0.844. The lowest BCUT2D eigenvalue weighted by atomic mass is 9.93. The molecule has 1 saturated heterocycles. The summed E-state index contributed by atoms with van der Waals surface area (Å²) < 4.78 is 0. The van der Waals surface area contributed by atoms with Crippen molar-refractivity contribution in [2.24, 2.45) is 0 Å². The second-order valence-electron chi connectivity index (χ2n) is 7.79. The number of rotatable bonds is 3. The number of likely N-dealkylation sites (tertiary alicyclic amines) is 1. The van der Waals surface area contributed by atoms with Crippen LogP contribution in [-0.2, 0) is 6.42 Å². The first-order chi connectivity index (χ1) is 12.7. The fourth-order valence-electron chi connectivity index (χ4n) is 4.52. The van der Waals surface area contributed by atoms with Crippen molar-refractivity contribution >= 4 is 16.8 Å². The van der Waals surface area contributed by atoms with E-state index in [1.54, 1.807) is 0 Å². The highest BCUT2D eigenvalue weighted by Crippen LogP contribution is 2.26. The van der Waals surface area contributed by atoms with Crippen LogP contribution < -0.4 is 5.32 Å². The minimum Gasteiger partial charge on any atom is -0.393 e. The summed E-state index contributed by atoms with van der Waals surface area (Å²) >= 11 is 0. The molecule has 2 fully saturated rings. The molecule has 2 amide bonds. The molecular formula is C22H28N2O2. The largest absolute Gasteiger partial charge is 0.393 e. The lowest BCUT2D eigenvalue weighted by Crippen LogP contribution is -2.48. The van der Waals surface area contributed by atoms with E-state index in [0.29, 0.717) is 0 Å². The van der Waals surface area contributed by atoms with Crippen LogP contribution in [0.25, 0.3) is 10.8 Å². The van der Waals surface area contributed by atoms with E-state index in [1.807, 2.05) is 4.90 Å². The van der Waals surface area contributed by atoms with Crippen LogP contribution >= 0.6 is 0 Å². The average molecular weight is 352 g/mol. The summed E-state index contributed by atoms with van der Waals surface area (Å²) in [6, 6.07) is 15.5. The molecule has 138 valence electrons. The van der Waals surface area contributed by atoms with Crippen LogP contribution in [-0.4, -0.2) is 40.8 Å². The Labute approximate surface area is 155 Å². The summed E-state index contributed by atoms with van der Waals surface area (Å²) in [6.07, 6.45) is 6.23. The Morgan fingerprint density at radius 1 is 1.04 bits per heavy atom.